The maximum Gasteiger partial charge on any atom is 0.227 e. The maximum atomic E-state index is 13.6. The van der Waals surface area contributed by atoms with Gasteiger partial charge in [-0.1, -0.05) is 19.1 Å². The van der Waals surface area contributed by atoms with Gasteiger partial charge in [0, 0.05) is 11.5 Å². The normalized spacial score (nSPS) is 22.0. The molecular formula is C12H13FN2OS. The van der Waals surface area contributed by atoms with Gasteiger partial charge < -0.3 is 11.1 Å². The fraction of sp³-hybridized carbons (Fsp3) is 0.333. The van der Waals surface area contributed by atoms with E-state index in [1.165, 1.54) is 12.1 Å². The number of hydrogen-bond acceptors (Lipinski definition) is 2. The summed E-state index contributed by atoms with van der Waals surface area (Å²) in [6, 6.07) is 4.31. The second-order valence-corrected chi connectivity index (χ2v) is 4.81. The Balaban J connectivity index is 2.11. The molecule has 0 aromatic heterocycles. The molecular weight excluding hydrogens is 239 g/mol. The highest BCUT2D eigenvalue weighted by atomic mass is 32.1. The molecule has 17 heavy (non-hydrogen) atoms. The van der Waals surface area contributed by atoms with Crippen LogP contribution in [0, 0.1) is 17.7 Å². The molecule has 0 radical (unpaired) electrons. The summed E-state index contributed by atoms with van der Waals surface area (Å²) >= 11 is 4.74. The second-order valence-electron chi connectivity index (χ2n) is 4.37. The molecule has 3 N–H and O–H groups in total. The van der Waals surface area contributed by atoms with Crippen molar-refractivity contribution in [2.75, 3.05) is 5.32 Å². The molecule has 90 valence electrons. The minimum atomic E-state index is -0.517. The number of rotatable bonds is 3. The van der Waals surface area contributed by atoms with Gasteiger partial charge in [0.05, 0.1) is 5.69 Å². The number of hydrogen-bond donors (Lipinski definition) is 2. The molecule has 1 aromatic rings. The lowest BCUT2D eigenvalue weighted by atomic mass is 10.2. The quantitative estimate of drug-likeness (QED) is 0.810. The van der Waals surface area contributed by atoms with E-state index in [0.29, 0.717) is 11.5 Å². The van der Waals surface area contributed by atoms with Gasteiger partial charge in [-0.15, -0.1) is 0 Å². The first-order chi connectivity index (χ1) is 7.99. The number of amides is 1. The van der Waals surface area contributed by atoms with Gasteiger partial charge in [-0.2, -0.15) is 0 Å². The fourth-order valence-electron chi connectivity index (χ4n) is 1.68. The molecule has 1 aliphatic rings. The van der Waals surface area contributed by atoms with Crippen molar-refractivity contribution >= 4 is 28.8 Å². The first kappa shape index (κ1) is 12.0. The van der Waals surface area contributed by atoms with E-state index in [2.05, 4.69) is 5.32 Å². The molecule has 1 fully saturated rings. The van der Waals surface area contributed by atoms with Crippen LogP contribution in [0.15, 0.2) is 18.2 Å². The third-order valence-corrected chi connectivity index (χ3v) is 3.19. The van der Waals surface area contributed by atoms with E-state index in [9.17, 15) is 9.18 Å². The molecule has 0 saturated heterocycles. The van der Waals surface area contributed by atoms with Gasteiger partial charge in [-0.25, -0.2) is 4.39 Å². The van der Waals surface area contributed by atoms with Crippen molar-refractivity contribution in [1.29, 1.82) is 0 Å². The van der Waals surface area contributed by atoms with Crippen LogP contribution in [0.1, 0.15) is 18.9 Å². The zero-order valence-electron chi connectivity index (χ0n) is 9.37. The molecule has 3 nitrogen and oxygen atoms in total. The molecule has 1 aromatic carbocycles. The summed E-state index contributed by atoms with van der Waals surface area (Å²) in [6.45, 7) is 2.00. The zero-order chi connectivity index (χ0) is 12.6. The van der Waals surface area contributed by atoms with Crippen molar-refractivity contribution in [2.45, 2.75) is 13.3 Å². The Morgan fingerprint density at radius 3 is 2.71 bits per heavy atom. The van der Waals surface area contributed by atoms with Crippen molar-refractivity contribution in [1.82, 2.24) is 0 Å². The molecule has 5 heteroatoms. The Kier molecular flexibility index (Phi) is 3.11. The number of nitrogens with two attached hydrogens (primary N) is 1. The first-order valence-electron chi connectivity index (χ1n) is 5.39. The van der Waals surface area contributed by atoms with E-state index >= 15 is 0 Å². The van der Waals surface area contributed by atoms with Crippen LogP contribution in [0.5, 0.6) is 0 Å². The van der Waals surface area contributed by atoms with E-state index in [-0.39, 0.29) is 22.5 Å². The molecule has 1 aliphatic carbocycles. The van der Waals surface area contributed by atoms with Gasteiger partial charge in [0.15, 0.2) is 0 Å². The van der Waals surface area contributed by atoms with Crippen LogP contribution < -0.4 is 11.1 Å². The van der Waals surface area contributed by atoms with Gasteiger partial charge >= 0.3 is 0 Å². The van der Waals surface area contributed by atoms with Crippen molar-refractivity contribution in [3.8, 4) is 0 Å². The van der Waals surface area contributed by atoms with E-state index < -0.39 is 5.82 Å². The predicted molar refractivity (Wildman–Crippen MR) is 68.2 cm³/mol. The van der Waals surface area contributed by atoms with Crippen molar-refractivity contribution in [3.05, 3.63) is 29.6 Å². The highest BCUT2D eigenvalue weighted by Crippen LogP contribution is 2.38. The van der Waals surface area contributed by atoms with Crippen LogP contribution in [-0.4, -0.2) is 10.9 Å². The van der Waals surface area contributed by atoms with Crippen molar-refractivity contribution in [2.24, 2.45) is 17.6 Å². The van der Waals surface area contributed by atoms with E-state index in [0.717, 1.165) is 6.42 Å². The highest BCUT2D eigenvalue weighted by Gasteiger charge is 2.39. The van der Waals surface area contributed by atoms with E-state index in [4.69, 9.17) is 18.0 Å². The molecule has 0 bridgehead atoms. The maximum absolute atomic E-state index is 13.6. The Bertz CT molecular complexity index is 489. The lowest BCUT2D eigenvalue weighted by molar-refractivity contribution is -0.117. The molecule has 2 atom stereocenters. The Labute approximate surface area is 104 Å². The molecule has 2 unspecified atom stereocenters. The van der Waals surface area contributed by atoms with Crippen LogP contribution in [0.3, 0.4) is 0 Å². The number of benzene rings is 1. The molecule has 2 rings (SSSR count). The average molecular weight is 252 g/mol. The van der Waals surface area contributed by atoms with Crippen LogP contribution in [0.4, 0.5) is 10.1 Å². The summed E-state index contributed by atoms with van der Waals surface area (Å²) in [4.78, 5) is 11.8. The van der Waals surface area contributed by atoms with Gasteiger partial charge in [-0.3, -0.25) is 4.79 Å². The van der Waals surface area contributed by atoms with E-state index in [1.807, 2.05) is 6.92 Å². The lowest BCUT2D eigenvalue weighted by Gasteiger charge is -2.07. The Morgan fingerprint density at radius 2 is 2.24 bits per heavy atom. The second kappa shape index (κ2) is 4.41. The molecule has 0 heterocycles. The summed E-state index contributed by atoms with van der Waals surface area (Å²) < 4.78 is 13.6. The summed E-state index contributed by atoms with van der Waals surface area (Å²) in [5, 5.41) is 2.57. The smallest absolute Gasteiger partial charge is 0.227 e. The third kappa shape index (κ3) is 2.61. The Morgan fingerprint density at radius 1 is 1.59 bits per heavy atom. The van der Waals surface area contributed by atoms with Gasteiger partial charge in [0.2, 0.25) is 5.91 Å². The number of halogens is 1. The summed E-state index contributed by atoms with van der Waals surface area (Å²) in [7, 11) is 0. The van der Waals surface area contributed by atoms with Crippen LogP contribution in [-0.2, 0) is 4.79 Å². The highest BCUT2D eigenvalue weighted by molar-refractivity contribution is 7.80. The van der Waals surface area contributed by atoms with Gasteiger partial charge in [0.1, 0.15) is 10.8 Å². The number of carbonyl (C=O) groups excluding carboxylic acids is 1. The minimum absolute atomic E-state index is 0.0182. The molecule has 1 saturated carbocycles. The minimum Gasteiger partial charge on any atom is -0.389 e. The third-order valence-electron chi connectivity index (χ3n) is 2.96. The summed E-state index contributed by atoms with van der Waals surface area (Å²) in [5.74, 6) is -0.227. The summed E-state index contributed by atoms with van der Waals surface area (Å²) in [5.41, 5.74) is 6.02. The number of anilines is 1. The van der Waals surface area contributed by atoms with Crippen LogP contribution >= 0.6 is 12.2 Å². The van der Waals surface area contributed by atoms with Gasteiger partial charge in [0.25, 0.3) is 0 Å². The van der Waals surface area contributed by atoms with Crippen molar-refractivity contribution in [3.63, 3.8) is 0 Å². The number of nitrogens with one attached hydrogen (secondary N) is 1. The predicted octanol–water partition coefficient (Wildman–Crippen LogP) is 2.05. The standard InChI is InChI=1S/C12H13FN2OS/c1-6-4-8(6)12(16)15-10-3-2-7(11(14)17)5-9(10)13/h2-3,5-6,8H,4H2,1H3,(H2,14,17)(H,15,16). The largest absolute Gasteiger partial charge is 0.389 e. The van der Waals surface area contributed by atoms with Crippen molar-refractivity contribution < 1.29 is 9.18 Å². The molecule has 0 aliphatic heterocycles. The number of thiocarbonyl (C=S) groups is 1. The monoisotopic (exact) mass is 252 g/mol. The SMILES string of the molecule is CC1CC1C(=O)Nc1ccc(C(N)=S)cc1F. The van der Waals surface area contributed by atoms with E-state index in [1.54, 1.807) is 6.07 Å². The molecule has 0 spiro atoms. The van der Waals surface area contributed by atoms with Crippen LogP contribution in [0.2, 0.25) is 0 Å². The average Bonchev–Trinajstić information content (AvgIpc) is 2.98. The topological polar surface area (TPSA) is 55.1 Å². The fourth-order valence-corrected chi connectivity index (χ4v) is 1.81. The first-order valence-corrected chi connectivity index (χ1v) is 5.80. The Hall–Kier alpha value is -1.49. The zero-order valence-corrected chi connectivity index (χ0v) is 10.2. The summed E-state index contributed by atoms with van der Waals surface area (Å²) in [6.07, 6.45) is 0.873. The van der Waals surface area contributed by atoms with Gasteiger partial charge in [-0.05, 0) is 30.5 Å². The van der Waals surface area contributed by atoms with Crippen LogP contribution in [0.25, 0.3) is 0 Å². The number of carbonyl (C=O) groups is 1. The lowest BCUT2D eigenvalue weighted by Crippen LogP contribution is -2.16. The molecule has 1 amide bonds.